The number of piperazine rings is 1. The minimum absolute atomic E-state index is 0.437. The normalized spacial score (nSPS) is 19.8. The number of carboxylic acid groups (broad SMARTS) is 1. The second-order valence-corrected chi connectivity index (χ2v) is 4.79. The molecule has 19 heavy (non-hydrogen) atoms. The maximum absolute atomic E-state index is 11.3. The van der Waals surface area contributed by atoms with Crippen LogP contribution in [0.3, 0.4) is 0 Å². The molecule has 2 N–H and O–H groups in total. The topological polar surface area (TPSA) is 55.8 Å². The van der Waals surface area contributed by atoms with E-state index in [4.69, 9.17) is 0 Å². The van der Waals surface area contributed by atoms with Crippen LogP contribution in [0.25, 0.3) is 6.08 Å². The van der Waals surface area contributed by atoms with Crippen molar-refractivity contribution in [1.29, 1.82) is 0 Å². The van der Waals surface area contributed by atoms with Crippen LogP contribution in [-0.4, -0.2) is 48.8 Å². The van der Waals surface area contributed by atoms with E-state index in [1.165, 1.54) is 0 Å². The Bertz CT molecular complexity index is 521. The number of rotatable bonds is 2. The smallest absolute Gasteiger partial charge is 0.333 e. The Hall–Kier alpha value is -1.85. The van der Waals surface area contributed by atoms with Crippen LogP contribution in [0.2, 0.25) is 0 Å². The van der Waals surface area contributed by atoms with Gasteiger partial charge >= 0.3 is 5.97 Å². The van der Waals surface area contributed by atoms with Gasteiger partial charge in [0.05, 0.1) is 17.8 Å². The van der Waals surface area contributed by atoms with Crippen LogP contribution >= 0.6 is 0 Å². The highest BCUT2D eigenvalue weighted by Crippen LogP contribution is 2.29. The van der Waals surface area contributed by atoms with Crippen LogP contribution in [0.4, 0.5) is 5.69 Å². The standard InChI is InChI=1S/C14H17N3O2/c18-14(19)12-9-11-3-1-2-4-13(11)17(10-12)16-7-5-15-6-8-16/h1-4,9,15H,5-8,10H2,(H,18,19). The number of carboxylic acids is 1. The molecule has 100 valence electrons. The Labute approximate surface area is 112 Å². The van der Waals surface area contributed by atoms with E-state index >= 15 is 0 Å². The Kier molecular flexibility index (Phi) is 3.23. The summed E-state index contributed by atoms with van der Waals surface area (Å²) in [6.45, 7) is 4.12. The summed E-state index contributed by atoms with van der Waals surface area (Å²) in [6, 6.07) is 7.95. The maximum atomic E-state index is 11.3. The zero-order valence-corrected chi connectivity index (χ0v) is 10.7. The van der Waals surface area contributed by atoms with E-state index in [1.54, 1.807) is 6.08 Å². The first kappa shape index (κ1) is 12.2. The Morgan fingerprint density at radius 2 is 1.95 bits per heavy atom. The molecule has 5 heteroatoms. The van der Waals surface area contributed by atoms with E-state index in [9.17, 15) is 9.90 Å². The lowest BCUT2D eigenvalue weighted by Crippen LogP contribution is -2.54. The molecule has 0 spiro atoms. The van der Waals surface area contributed by atoms with E-state index in [-0.39, 0.29) is 0 Å². The van der Waals surface area contributed by atoms with E-state index in [0.717, 1.165) is 37.4 Å². The van der Waals surface area contributed by atoms with Crippen LogP contribution in [0.1, 0.15) is 5.56 Å². The number of hydrogen-bond acceptors (Lipinski definition) is 4. The Morgan fingerprint density at radius 3 is 2.68 bits per heavy atom. The molecule has 5 nitrogen and oxygen atoms in total. The third kappa shape index (κ3) is 2.34. The van der Waals surface area contributed by atoms with Crippen molar-refractivity contribution in [2.75, 3.05) is 37.7 Å². The number of nitrogens with zero attached hydrogens (tertiary/aromatic N) is 2. The molecular weight excluding hydrogens is 242 g/mol. The average molecular weight is 259 g/mol. The van der Waals surface area contributed by atoms with Gasteiger partial charge in [0.2, 0.25) is 0 Å². The average Bonchev–Trinajstić information content (AvgIpc) is 2.47. The molecule has 0 atom stereocenters. The second kappa shape index (κ2) is 5.03. The van der Waals surface area contributed by atoms with E-state index in [0.29, 0.717) is 12.1 Å². The zero-order valence-electron chi connectivity index (χ0n) is 10.7. The van der Waals surface area contributed by atoms with Gasteiger partial charge in [-0.3, -0.25) is 0 Å². The number of anilines is 1. The fourth-order valence-electron chi connectivity index (χ4n) is 2.60. The molecule has 0 bridgehead atoms. The third-order valence-electron chi connectivity index (χ3n) is 3.57. The Balaban J connectivity index is 1.96. The molecule has 0 radical (unpaired) electrons. The van der Waals surface area contributed by atoms with Gasteiger partial charge in [-0.1, -0.05) is 18.2 Å². The number of carbonyl (C=O) groups is 1. The zero-order chi connectivity index (χ0) is 13.2. The summed E-state index contributed by atoms with van der Waals surface area (Å²) in [7, 11) is 0. The quantitative estimate of drug-likeness (QED) is 0.822. The molecule has 0 amide bonds. The molecule has 3 rings (SSSR count). The highest BCUT2D eigenvalue weighted by molar-refractivity contribution is 5.96. The molecule has 1 aromatic rings. The van der Waals surface area contributed by atoms with Gasteiger partial charge < -0.3 is 15.4 Å². The van der Waals surface area contributed by atoms with Gasteiger partial charge in [0.15, 0.2) is 0 Å². The lowest BCUT2D eigenvalue weighted by atomic mass is 10.0. The number of aliphatic carboxylic acids is 1. The number of hydrogen-bond donors (Lipinski definition) is 2. The maximum Gasteiger partial charge on any atom is 0.333 e. The van der Waals surface area contributed by atoms with Crippen molar-refractivity contribution >= 4 is 17.7 Å². The fourth-order valence-corrected chi connectivity index (χ4v) is 2.60. The van der Waals surface area contributed by atoms with Gasteiger partial charge in [-0.2, -0.15) is 0 Å². The van der Waals surface area contributed by atoms with Gasteiger partial charge in [-0.25, -0.2) is 9.80 Å². The van der Waals surface area contributed by atoms with Gasteiger partial charge in [0, 0.05) is 26.2 Å². The summed E-state index contributed by atoms with van der Waals surface area (Å²) in [4.78, 5) is 11.3. The molecule has 2 aliphatic heterocycles. The Morgan fingerprint density at radius 1 is 1.21 bits per heavy atom. The molecule has 2 heterocycles. The fraction of sp³-hybridized carbons (Fsp3) is 0.357. The monoisotopic (exact) mass is 259 g/mol. The van der Waals surface area contributed by atoms with Crippen LogP contribution in [0.15, 0.2) is 29.8 Å². The van der Waals surface area contributed by atoms with Crippen molar-refractivity contribution in [3.63, 3.8) is 0 Å². The van der Waals surface area contributed by atoms with Crippen LogP contribution < -0.4 is 10.3 Å². The van der Waals surface area contributed by atoms with E-state index in [2.05, 4.69) is 15.3 Å². The number of benzene rings is 1. The van der Waals surface area contributed by atoms with Crippen molar-refractivity contribution in [3.8, 4) is 0 Å². The van der Waals surface area contributed by atoms with Crippen molar-refractivity contribution in [1.82, 2.24) is 10.3 Å². The summed E-state index contributed by atoms with van der Waals surface area (Å²) in [5.41, 5.74) is 2.51. The van der Waals surface area contributed by atoms with Gasteiger partial charge in [-0.05, 0) is 17.7 Å². The minimum Gasteiger partial charge on any atom is -0.478 e. The van der Waals surface area contributed by atoms with Crippen molar-refractivity contribution in [3.05, 3.63) is 35.4 Å². The molecule has 1 fully saturated rings. The molecule has 0 aliphatic carbocycles. The first-order valence-corrected chi connectivity index (χ1v) is 6.52. The summed E-state index contributed by atoms with van der Waals surface area (Å²) < 4.78 is 0. The summed E-state index contributed by atoms with van der Waals surface area (Å²) in [6.07, 6.45) is 1.77. The van der Waals surface area contributed by atoms with Crippen LogP contribution in [-0.2, 0) is 4.79 Å². The summed E-state index contributed by atoms with van der Waals surface area (Å²) in [5.74, 6) is -0.838. The number of hydrazine groups is 1. The predicted molar refractivity (Wildman–Crippen MR) is 73.8 cm³/mol. The van der Waals surface area contributed by atoms with Crippen molar-refractivity contribution in [2.24, 2.45) is 0 Å². The molecule has 0 saturated carbocycles. The first-order chi connectivity index (χ1) is 9.25. The molecule has 0 unspecified atom stereocenters. The highest BCUT2D eigenvalue weighted by Gasteiger charge is 2.26. The minimum atomic E-state index is -0.838. The second-order valence-electron chi connectivity index (χ2n) is 4.79. The summed E-state index contributed by atoms with van der Waals surface area (Å²) in [5, 5.41) is 16.9. The summed E-state index contributed by atoms with van der Waals surface area (Å²) >= 11 is 0. The lowest BCUT2D eigenvalue weighted by molar-refractivity contribution is -0.132. The number of para-hydroxylation sites is 1. The molecule has 1 saturated heterocycles. The molecule has 2 aliphatic rings. The van der Waals surface area contributed by atoms with Crippen molar-refractivity contribution in [2.45, 2.75) is 0 Å². The van der Waals surface area contributed by atoms with Gasteiger partial charge in [-0.15, -0.1) is 0 Å². The van der Waals surface area contributed by atoms with E-state index in [1.807, 2.05) is 24.3 Å². The molecule has 1 aromatic carbocycles. The largest absolute Gasteiger partial charge is 0.478 e. The molecular formula is C14H17N3O2. The van der Waals surface area contributed by atoms with Crippen molar-refractivity contribution < 1.29 is 9.90 Å². The van der Waals surface area contributed by atoms with Crippen LogP contribution in [0, 0.1) is 0 Å². The van der Waals surface area contributed by atoms with Crippen LogP contribution in [0.5, 0.6) is 0 Å². The SMILES string of the molecule is O=C(O)C1=Cc2ccccc2N(N2CCNCC2)C1. The predicted octanol–water partition coefficient (Wildman–Crippen LogP) is 0.795. The highest BCUT2D eigenvalue weighted by atomic mass is 16.4. The number of fused-ring (bicyclic) bond motifs is 1. The van der Waals surface area contributed by atoms with E-state index < -0.39 is 5.97 Å². The van der Waals surface area contributed by atoms with Gasteiger partial charge in [0.25, 0.3) is 0 Å². The third-order valence-corrected chi connectivity index (χ3v) is 3.57. The molecule has 0 aromatic heterocycles. The first-order valence-electron chi connectivity index (χ1n) is 6.52. The number of nitrogens with one attached hydrogen (secondary N) is 1. The lowest BCUT2D eigenvalue weighted by Gasteiger charge is -2.41. The van der Waals surface area contributed by atoms with Gasteiger partial charge in [0.1, 0.15) is 0 Å².